The standard InChI is InChI=1S/C14H17N2.BrH.2H2O/c1-15-10-16(2,3)13-9-5-7-11-6-4-8-12(15)14(11)13;;;/h4-9H,10H2,1-3H3;1H;2*1H2/q+1;;;/p-1. The lowest BCUT2D eigenvalue weighted by atomic mass is 10.0. The molecule has 0 aromatic heterocycles. The molecule has 0 radical (unpaired) electrons. The van der Waals surface area contributed by atoms with Crippen LogP contribution in [0, 0.1) is 0 Å². The maximum Gasteiger partial charge on any atom is 0.158 e. The van der Waals surface area contributed by atoms with E-state index in [1.807, 2.05) is 0 Å². The van der Waals surface area contributed by atoms with Crippen LogP contribution in [0.3, 0.4) is 0 Å². The van der Waals surface area contributed by atoms with Gasteiger partial charge in [-0.05, 0) is 17.5 Å². The Hall–Kier alpha value is -1.14. The fourth-order valence-electron chi connectivity index (χ4n) is 2.81. The Morgan fingerprint density at radius 3 is 2.21 bits per heavy atom. The van der Waals surface area contributed by atoms with Gasteiger partial charge in [0.25, 0.3) is 0 Å². The molecular weight excluding hydrogens is 308 g/mol. The Morgan fingerprint density at radius 1 is 1.00 bits per heavy atom. The Bertz CT molecular complexity index is 567. The fourth-order valence-corrected chi connectivity index (χ4v) is 2.81. The van der Waals surface area contributed by atoms with Gasteiger partial charge in [0.05, 0.1) is 25.2 Å². The van der Waals surface area contributed by atoms with Gasteiger partial charge in [-0.1, -0.05) is 24.3 Å². The molecule has 0 bridgehead atoms. The molecule has 0 aliphatic carbocycles. The summed E-state index contributed by atoms with van der Waals surface area (Å²) in [7, 11) is 6.70. The molecule has 4 nitrogen and oxygen atoms in total. The number of hydrogen-bond acceptors (Lipinski definition) is 1. The molecule has 1 heterocycles. The Kier molecular flexibility index (Phi) is 5.53. The third-order valence-corrected chi connectivity index (χ3v) is 3.49. The van der Waals surface area contributed by atoms with Gasteiger partial charge in [-0.15, -0.1) is 0 Å². The van der Waals surface area contributed by atoms with Crippen LogP contribution in [0.25, 0.3) is 10.8 Å². The van der Waals surface area contributed by atoms with E-state index >= 15 is 0 Å². The highest BCUT2D eigenvalue weighted by Crippen LogP contribution is 2.40. The molecule has 0 atom stereocenters. The van der Waals surface area contributed by atoms with E-state index in [1.165, 1.54) is 22.1 Å². The van der Waals surface area contributed by atoms with Gasteiger partial charge < -0.3 is 32.8 Å². The van der Waals surface area contributed by atoms with E-state index in [0.29, 0.717) is 0 Å². The van der Waals surface area contributed by atoms with Crippen LogP contribution in [0.1, 0.15) is 0 Å². The number of benzene rings is 2. The summed E-state index contributed by atoms with van der Waals surface area (Å²) in [5.74, 6) is 0. The van der Waals surface area contributed by atoms with Crippen LogP contribution in [0.5, 0.6) is 0 Å². The number of hydrogen-bond donors (Lipinski definition) is 0. The van der Waals surface area contributed by atoms with E-state index in [9.17, 15) is 0 Å². The maximum absolute atomic E-state index is 2.34. The Labute approximate surface area is 124 Å². The monoisotopic (exact) mass is 328 g/mol. The van der Waals surface area contributed by atoms with Crippen molar-refractivity contribution in [1.82, 2.24) is 4.48 Å². The van der Waals surface area contributed by atoms with Crippen LogP contribution in [0.4, 0.5) is 11.4 Å². The molecule has 1 aliphatic rings. The van der Waals surface area contributed by atoms with E-state index in [4.69, 9.17) is 0 Å². The highest BCUT2D eigenvalue weighted by molar-refractivity contribution is 6.04. The molecule has 2 aromatic rings. The minimum atomic E-state index is 0. The van der Waals surface area contributed by atoms with Crippen molar-refractivity contribution in [1.29, 1.82) is 0 Å². The van der Waals surface area contributed by atoms with Crippen molar-refractivity contribution in [3.63, 3.8) is 0 Å². The van der Waals surface area contributed by atoms with Gasteiger partial charge in [0.2, 0.25) is 0 Å². The summed E-state index contributed by atoms with van der Waals surface area (Å²) in [6.07, 6.45) is 0. The molecule has 19 heavy (non-hydrogen) atoms. The molecule has 0 spiro atoms. The van der Waals surface area contributed by atoms with E-state index in [0.717, 1.165) is 11.2 Å². The zero-order chi connectivity index (χ0) is 11.3. The quantitative estimate of drug-likeness (QED) is 0.524. The fraction of sp³-hybridized carbons (Fsp3) is 0.286. The summed E-state index contributed by atoms with van der Waals surface area (Å²) in [5.41, 5.74) is 2.77. The highest BCUT2D eigenvalue weighted by Gasteiger charge is 2.30. The Balaban J connectivity index is 0.00000108. The van der Waals surface area contributed by atoms with Gasteiger partial charge in [-0.2, -0.15) is 0 Å². The third-order valence-electron chi connectivity index (χ3n) is 3.49. The summed E-state index contributed by atoms with van der Waals surface area (Å²) in [6.45, 7) is 1.02. The molecule has 3 rings (SSSR count). The van der Waals surface area contributed by atoms with E-state index in [2.05, 4.69) is 62.4 Å². The second-order valence-corrected chi connectivity index (χ2v) is 5.18. The van der Waals surface area contributed by atoms with Crippen molar-refractivity contribution in [3.8, 4) is 0 Å². The minimum absolute atomic E-state index is 0. The van der Waals surface area contributed by atoms with Crippen molar-refractivity contribution < 1.29 is 27.9 Å². The first kappa shape index (κ1) is 17.9. The predicted molar refractivity (Wildman–Crippen MR) is 78.1 cm³/mol. The lowest BCUT2D eigenvalue weighted by Crippen LogP contribution is -3.00. The third kappa shape index (κ3) is 2.60. The normalized spacial score (nSPS) is 15.0. The molecule has 2 aromatic carbocycles. The average Bonchev–Trinajstić information content (AvgIpc) is 2.25. The summed E-state index contributed by atoms with van der Waals surface area (Å²) in [6, 6.07) is 13.2. The largest absolute Gasteiger partial charge is 1.00 e. The molecule has 4 N–H and O–H groups in total. The lowest BCUT2D eigenvalue weighted by molar-refractivity contribution is -0.00000580. The molecule has 0 fully saturated rings. The smallest absolute Gasteiger partial charge is 0.158 e. The molecule has 5 heteroatoms. The zero-order valence-electron chi connectivity index (χ0n) is 11.4. The number of rotatable bonds is 0. The van der Waals surface area contributed by atoms with E-state index in [1.54, 1.807) is 0 Å². The minimum Gasteiger partial charge on any atom is -1.00 e. The molecule has 0 saturated heterocycles. The van der Waals surface area contributed by atoms with E-state index in [-0.39, 0.29) is 27.9 Å². The topological polar surface area (TPSA) is 66.2 Å². The molecule has 1 aliphatic heterocycles. The summed E-state index contributed by atoms with van der Waals surface area (Å²) in [5, 5.41) is 2.75. The molecule has 106 valence electrons. The second kappa shape index (κ2) is 5.88. The van der Waals surface area contributed by atoms with Gasteiger partial charge in [0, 0.05) is 7.05 Å². The average molecular weight is 329 g/mol. The predicted octanol–water partition coefficient (Wildman–Crippen LogP) is -1.83. The number of halogens is 1. The van der Waals surface area contributed by atoms with Gasteiger partial charge >= 0.3 is 0 Å². The van der Waals surface area contributed by atoms with Gasteiger partial charge in [0.1, 0.15) is 5.69 Å². The van der Waals surface area contributed by atoms with E-state index < -0.39 is 0 Å². The first-order valence-electron chi connectivity index (χ1n) is 5.66. The second-order valence-electron chi connectivity index (χ2n) is 5.18. The van der Waals surface area contributed by atoms with Crippen molar-refractivity contribution in [2.24, 2.45) is 0 Å². The number of anilines is 1. The number of quaternary nitrogens is 1. The molecule has 0 amide bonds. The SMILES string of the molecule is CN1C[N+](C)(C)c2cccc3cccc1c23.O.O.[Br-]. The van der Waals surface area contributed by atoms with Crippen molar-refractivity contribution >= 4 is 22.1 Å². The first-order valence-corrected chi connectivity index (χ1v) is 5.66. The summed E-state index contributed by atoms with van der Waals surface area (Å²) >= 11 is 0. The van der Waals surface area contributed by atoms with Crippen LogP contribution in [0.15, 0.2) is 36.4 Å². The van der Waals surface area contributed by atoms with Crippen LogP contribution in [-0.4, -0.2) is 38.8 Å². The van der Waals surface area contributed by atoms with Crippen molar-refractivity contribution in [2.45, 2.75) is 0 Å². The van der Waals surface area contributed by atoms with Crippen molar-refractivity contribution in [2.75, 3.05) is 32.7 Å². The lowest BCUT2D eigenvalue weighted by Gasteiger charge is -2.39. The Morgan fingerprint density at radius 2 is 1.58 bits per heavy atom. The van der Waals surface area contributed by atoms with Crippen LogP contribution in [-0.2, 0) is 0 Å². The van der Waals surface area contributed by atoms with Crippen LogP contribution in [0.2, 0.25) is 0 Å². The first-order chi connectivity index (χ1) is 7.59. The summed E-state index contributed by atoms with van der Waals surface area (Å²) in [4.78, 5) is 2.34. The van der Waals surface area contributed by atoms with Gasteiger partial charge in [-0.25, -0.2) is 0 Å². The maximum atomic E-state index is 2.34. The van der Waals surface area contributed by atoms with Crippen LogP contribution < -0.4 is 26.4 Å². The molecular formula is C14H21BrN2O2. The van der Waals surface area contributed by atoms with Gasteiger partial charge in [0.15, 0.2) is 6.67 Å². The summed E-state index contributed by atoms with van der Waals surface area (Å²) < 4.78 is 0.921. The highest BCUT2D eigenvalue weighted by atomic mass is 79.9. The van der Waals surface area contributed by atoms with Crippen molar-refractivity contribution in [3.05, 3.63) is 36.4 Å². The van der Waals surface area contributed by atoms with Gasteiger partial charge in [-0.3, -0.25) is 4.48 Å². The zero-order valence-corrected chi connectivity index (χ0v) is 13.0. The van der Waals surface area contributed by atoms with Crippen LogP contribution >= 0.6 is 0 Å². The number of nitrogens with zero attached hydrogens (tertiary/aromatic N) is 2. The molecule has 0 saturated carbocycles. The molecule has 0 unspecified atom stereocenters.